The van der Waals surface area contributed by atoms with Gasteiger partial charge in [-0.05, 0) is 62.1 Å². The lowest BCUT2D eigenvalue weighted by molar-refractivity contribution is 0.229. The normalized spacial score (nSPS) is 30.0. The van der Waals surface area contributed by atoms with Gasteiger partial charge in [0.05, 0.1) is 0 Å². The first-order valence-corrected chi connectivity index (χ1v) is 6.35. The summed E-state index contributed by atoms with van der Waals surface area (Å²) in [5.74, 6) is 2.83. The third-order valence-corrected chi connectivity index (χ3v) is 4.43. The number of nitrogens with one attached hydrogen (secondary N) is 1. The molecule has 2 aliphatic heterocycles. The van der Waals surface area contributed by atoms with E-state index in [0.29, 0.717) is 0 Å². The van der Waals surface area contributed by atoms with E-state index in [1.807, 2.05) is 0 Å². The molecule has 0 aliphatic carbocycles. The second-order valence-corrected chi connectivity index (χ2v) is 5.44. The van der Waals surface area contributed by atoms with Gasteiger partial charge in [0.2, 0.25) is 0 Å². The van der Waals surface area contributed by atoms with Crippen LogP contribution in [0.25, 0.3) is 0 Å². The summed E-state index contributed by atoms with van der Waals surface area (Å²) in [6.07, 6.45) is 7.30. The van der Waals surface area contributed by atoms with Crippen LogP contribution in [0.3, 0.4) is 0 Å². The lowest BCUT2D eigenvalue weighted by Gasteiger charge is -2.36. The van der Waals surface area contributed by atoms with Gasteiger partial charge in [0, 0.05) is 0 Å². The van der Waals surface area contributed by atoms with E-state index in [-0.39, 0.29) is 0 Å². The van der Waals surface area contributed by atoms with Gasteiger partial charge >= 0.3 is 0 Å². The molecular formula is C10H19NS. The molecule has 1 spiro atoms. The molecule has 0 bridgehead atoms. The maximum atomic E-state index is 3.51. The van der Waals surface area contributed by atoms with E-state index in [1.54, 1.807) is 0 Å². The summed E-state index contributed by atoms with van der Waals surface area (Å²) in [4.78, 5) is 0. The minimum atomic E-state index is 0.759. The Morgan fingerprint density at radius 1 is 0.917 bits per heavy atom. The second kappa shape index (κ2) is 4.01. The third kappa shape index (κ3) is 1.97. The van der Waals surface area contributed by atoms with Crippen LogP contribution in [0, 0.1) is 5.41 Å². The van der Waals surface area contributed by atoms with E-state index in [1.165, 1.54) is 56.7 Å². The van der Waals surface area contributed by atoms with Crippen molar-refractivity contribution in [1.29, 1.82) is 0 Å². The highest BCUT2D eigenvalue weighted by molar-refractivity contribution is 7.99. The van der Waals surface area contributed by atoms with Gasteiger partial charge in [0.25, 0.3) is 0 Å². The Hall–Kier alpha value is 0.310. The number of rotatable bonds is 0. The predicted molar refractivity (Wildman–Crippen MR) is 55.7 cm³/mol. The first-order valence-electron chi connectivity index (χ1n) is 5.20. The van der Waals surface area contributed by atoms with Gasteiger partial charge in [-0.15, -0.1) is 0 Å². The van der Waals surface area contributed by atoms with E-state index in [4.69, 9.17) is 0 Å². The molecule has 2 rings (SSSR count). The lowest BCUT2D eigenvalue weighted by atomic mass is 9.76. The molecule has 1 N–H and O–H groups in total. The summed E-state index contributed by atoms with van der Waals surface area (Å²) in [5, 5.41) is 3.51. The highest BCUT2D eigenvalue weighted by atomic mass is 32.2. The summed E-state index contributed by atoms with van der Waals surface area (Å²) in [6.45, 7) is 2.53. The molecule has 0 aromatic heterocycles. The molecule has 0 aromatic carbocycles. The fraction of sp³-hybridized carbons (Fsp3) is 1.00. The van der Waals surface area contributed by atoms with Crippen LogP contribution in [0.2, 0.25) is 0 Å². The SMILES string of the molecule is C1CNCCC2(C1)CCSCC2. The van der Waals surface area contributed by atoms with Crippen LogP contribution in [0.1, 0.15) is 32.1 Å². The number of hydrogen-bond donors (Lipinski definition) is 1. The molecule has 1 nitrogen and oxygen atoms in total. The van der Waals surface area contributed by atoms with E-state index >= 15 is 0 Å². The zero-order chi connectivity index (χ0) is 8.28. The lowest BCUT2D eigenvalue weighted by Crippen LogP contribution is -2.27. The Balaban J connectivity index is 1.95. The van der Waals surface area contributed by atoms with Crippen LogP contribution in [-0.4, -0.2) is 24.6 Å². The summed E-state index contributed by atoms with van der Waals surface area (Å²) in [6, 6.07) is 0. The Labute approximate surface area is 79.7 Å². The summed E-state index contributed by atoms with van der Waals surface area (Å²) < 4.78 is 0. The maximum absolute atomic E-state index is 3.51. The van der Waals surface area contributed by atoms with Crippen molar-refractivity contribution >= 4 is 11.8 Å². The van der Waals surface area contributed by atoms with Crippen molar-refractivity contribution in [2.75, 3.05) is 24.6 Å². The predicted octanol–water partition coefficient (Wildman–Crippen LogP) is 2.27. The zero-order valence-electron chi connectivity index (χ0n) is 7.77. The highest BCUT2D eigenvalue weighted by Gasteiger charge is 2.32. The molecule has 2 aliphatic rings. The molecule has 0 saturated carbocycles. The van der Waals surface area contributed by atoms with Crippen LogP contribution in [0.15, 0.2) is 0 Å². The Morgan fingerprint density at radius 3 is 2.58 bits per heavy atom. The minimum absolute atomic E-state index is 0.759. The van der Waals surface area contributed by atoms with Crippen molar-refractivity contribution in [1.82, 2.24) is 5.32 Å². The number of thioether (sulfide) groups is 1. The fourth-order valence-corrected chi connectivity index (χ4v) is 3.86. The largest absolute Gasteiger partial charge is 0.317 e. The van der Waals surface area contributed by atoms with Gasteiger partial charge in [-0.3, -0.25) is 0 Å². The van der Waals surface area contributed by atoms with Crippen LogP contribution in [-0.2, 0) is 0 Å². The van der Waals surface area contributed by atoms with Gasteiger partial charge in [-0.25, -0.2) is 0 Å². The number of hydrogen-bond acceptors (Lipinski definition) is 2. The molecule has 12 heavy (non-hydrogen) atoms. The Morgan fingerprint density at radius 2 is 1.75 bits per heavy atom. The average molecular weight is 185 g/mol. The quantitative estimate of drug-likeness (QED) is 0.621. The van der Waals surface area contributed by atoms with E-state index < -0.39 is 0 Å². The molecule has 0 atom stereocenters. The summed E-state index contributed by atoms with van der Waals surface area (Å²) >= 11 is 2.15. The molecular weight excluding hydrogens is 166 g/mol. The molecule has 0 radical (unpaired) electrons. The molecule has 0 aromatic rings. The first kappa shape index (κ1) is 8.89. The third-order valence-electron chi connectivity index (χ3n) is 3.45. The Bertz CT molecular complexity index is 131. The molecule has 0 unspecified atom stereocenters. The zero-order valence-corrected chi connectivity index (χ0v) is 8.59. The fourth-order valence-electron chi connectivity index (χ4n) is 2.50. The highest BCUT2D eigenvalue weighted by Crippen LogP contribution is 2.42. The minimum Gasteiger partial charge on any atom is -0.317 e. The van der Waals surface area contributed by atoms with Crippen LogP contribution >= 0.6 is 11.8 Å². The summed E-state index contributed by atoms with van der Waals surface area (Å²) in [5.41, 5.74) is 0.759. The van der Waals surface area contributed by atoms with Gasteiger partial charge in [0.15, 0.2) is 0 Å². The van der Waals surface area contributed by atoms with Gasteiger partial charge in [-0.1, -0.05) is 0 Å². The monoisotopic (exact) mass is 185 g/mol. The van der Waals surface area contributed by atoms with Gasteiger partial charge in [-0.2, -0.15) is 11.8 Å². The first-order chi connectivity index (χ1) is 5.91. The van der Waals surface area contributed by atoms with E-state index in [0.717, 1.165) is 5.41 Å². The standard InChI is InChI=1S/C10H19NS/c1-2-10(3-7-11-6-1)4-8-12-9-5-10/h11H,1-9H2. The van der Waals surface area contributed by atoms with Crippen LogP contribution in [0.5, 0.6) is 0 Å². The van der Waals surface area contributed by atoms with E-state index in [9.17, 15) is 0 Å². The smallest absolute Gasteiger partial charge is 0.00436 e. The van der Waals surface area contributed by atoms with Gasteiger partial charge < -0.3 is 5.32 Å². The molecule has 2 heteroatoms. The second-order valence-electron chi connectivity index (χ2n) is 4.22. The van der Waals surface area contributed by atoms with E-state index in [2.05, 4.69) is 17.1 Å². The van der Waals surface area contributed by atoms with Crippen molar-refractivity contribution in [2.24, 2.45) is 5.41 Å². The van der Waals surface area contributed by atoms with Crippen LogP contribution < -0.4 is 5.32 Å². The van der Waals surface area contributed by atoms with Crippen molar-refractivity contribution in [3.8, 4) is 0 Å². The van der Waals surface area contributed by atoms with Crippen molar-refractivity contribution < 1.29 is 0 Å². The van der Waals surface area contributed by atoms with Crippen molar-refractivity contribution in [3.63, 3.8) is 0 Å². The molecule has 2 fully saturated rings. The Kier molecular flexibility index (Phi) is 2.97. The topological polar surface area (TPSA) is 12.0 Å². The molecule has 2 saturated heterocycles. The van der Waals surface area contributed by atoms with Crippen LogP contribution in [0.4, 0.5) is 0 Å². The van der Waals surface area contributed by atoms with Crippen molar-refractivity contribution in [2.45, 2.75) is 32.1 Å². The average Bonchev–Trinajstić information content (AvgIpc) is 2.33. The maximum Gasteiger partial charge on any atom is -0.00436 e. The van der Waals surface area contributed by atoms with Crippen molar-refractivity contribution in [3.05, 3.63) is 0 Å². The molecule has 2 heterocycles. The van der Waals surface area contributed by atoms with Gasteiger partial charge in [0.1, 0.15) is 0 Å². The molecule has 70 valence electrons. The summed E-state index contributed by atoms with van der Waals surface area (Å²) in [7, 11) is 0. The molecule has 0 amide bonds.